The van der Waals surface area contributed by atoms with Gasteiger partial charge in [0.15, 0.2) is 12.6 Å². The Hall–Kier alpha value is 0.420. The zero-order valence-electron chi connectivity index (χ0n) is 8.82. The summed E-state index contributed by atoms with van der Waals surface area (Å²) in [7, 11) is 0. The number of halogens is 8. The number of hydrogen-bond acceptors (Lipinski definition) is 3. The fourth-order valence-electron chi connectivity index (χ4n) is 1.80. The van der Waals surface area contributed by atoms with Crippen LogP contribution in [0.2, 0.25) is 0 Å². The van der Waals surface area contributed by atoms with Gasteiger partial charge in [0.2, 0.25) is 0 Å². The predicted octanol–water partition coefficient (Wildman–Crippen LogP) is 3.11. The van der Waals surface area contributed by atoms with E-state index in [0.717, 1.165) is 0 Å². The van der Waals surface area contributed by atoms with Crippen molar-refractivity contribution >= 4 is 31.9 Å². The minimum absolute atomic E-state index is 0.265. The zero-order valence-corrected chi connectivity index (χ0v) is 12.0. The van der Waals surface area contributed by atoms with E-state index >= 15 is 0 Å². The van der Waals surface area contributed by atoms with E-state index in [0.29, 0.717) is 0 Å². The molecule has 0 aromatic rings. The first-order valence-electron chi connectivity index (χ1n) is 4.84. The summed E-state index contributed by atoms with van der Waals surface area (Å²) in [6, 6.07) is 0. The molecule has 0 bridgehead atoms. The molecule has 0 N–H and O–H groups in total. The second-order valence-electron chi connectivity index (χ2n) is 3.88. The van der Waals surface area contributed by atoms with E-state index in [4.69, 9.17) is 4.74 Å². The highest BCUT2D eigenvalue weighted by molar-refractivity contribution is 9.09. The standard InChI is InChI=1S/C8H6Br2F6O3/c9-1-3-17-4(2-10)19-8(18-3)6(13,14)5(11,12)7(8,15)16/h3-4H,1-2H2. The molecule has 1 spiro atoms. The third-order valence-electron chi connectivity index (χ3n) is 2.77. The summed E-state index contributed by atoms with van der Waals surface area (Å²) in [5.74, 6) is -19.9. The van der Waals surface area contributed by atoms with Crippen molar-refractivity contribution in [3.05, 3.63) is 0 Å². The van der Waals surface area contributed by atoms with Crippen molar-refractivity contribution in [3.63, 3.8) is 0 Å². The van der Waals surface area contributed by atoms with Gasteiger partial charge < -0.3 is 14.2 Å². The predicted molar refractivity (Wildman–Crippen MR) is 56.0 cm³/mol. The van der Waals surface area contributed by atoms with E-state index in [1.54, 1.807) is 0 Å². The molecule has 1 saturated carbocycles. The van der Waals surface area contributed by atoms with E-state index in [9.17, 15) is 26.3 Å². The van der Waals surface area contributed by atoms with Gasteiger partial charge in [0.1, 0.15) is 0 Å². The second kappa shape index (κ2) is 4.46. The van der Waals surface area contributed by atoms with Crippen LogP contribution >= 0.6 is 31.9 Å². The van der Waals surface area contributed by atoms with Gasteiger partial charge in [0, 0.05) is 0 Å². The molecule has 1 heterocycles. The molecule has 11 heteroatoms. The molecule has 19 heavy (non-hydrogen) atoms. The monoisotopic (exact) mass is 422 g/mol. The maximum absolute atomic E-state index is 13.4. The first-order valence-corrected chi connectivity index (χ1v) is 7.08. The number of alkyl halides is 8. The molecule has 0 aromatic carbocycles. The van der Waals surface area contributed by atoms with Crippen LogP contribution < -0.4 is 0 Å². The summed E-state index contributed by atoms with van der Waals surface area (Å²) in [5.41, 5.74) is 0. The van der Waals surface area contributed by atoms with Crippen LogP contribution in [0.4, 0.5) is 26.3 Å². The second-order valence-corrected chi connectivity index (χ2v) is 5.17. The Bertz CT molecular complexity index is 347. The van der Waals surface area contributed by atoms with E-state index in [2.05, 4.69) is 41.3 Å². The van der Waals surface area contributed by atoms with Crippen molar-refractivity contribution < 1.29 is 40.6 Å². The largest absolute Gasteiger partial charge is 0.383 e. The first-order chi connectivity index (χ1) is 8.57. The van der Waals surface area contributed by atoms with Gasteiger partial charge in [-0.1, -0.05) is 31.9 Å². The Morgan fingerprint density at radius 1 is 0.737 bits per heavy atom. The van der Waals surface area contributed by atoms with Gasteiger partial charge in [-0.25, -0.2) is 0 Å². The average Bonchev–Trinajstić information content (AvgIpc) is 2.36. The van der Waals surface area contributed by atoms with Gasteiger partial charge in [-0.3, -0.25) is 0 Å². The normalized spacial score (nSPS) is 37.9. The lowest BCUT2D eigenvalue weighted by atomic mass is 9.76. The SMILES string of the molecule is FC1(F)C(F)(F)C2(OC(CBr)OC(CBr)O2)C1(F)F. The average molecular weight is 424 g/mol. The van der Waals surface area contributed by atoms with Gasteiger partial charge in [-0.15, -0.1) is 0 Å². The van der Waals surface area contributed by atoms with E-state index in [-0.39, 0.29) is 10.7 Å². The molecule has 2 fully saturated rings. The van der Waals surface area contributed by atoms with Crippen LogP contribution in [0.25, 0.3) is 0 Å². The third-order valence-corrected chi connectivity index (χ3v) is 3.82. The molecule has 2 atom stereocenters. The topological polar surface area (TPSA) is 27.7 Å². The summed E-state index contributed by atoms with van der Waals surface area (Å²) >= 11 is 5.56. The van der Waals surface area contributed by atoms with Crippen molar-refractivity contribution in [3.8, 4) is 0 Å². The summed E-state index contributed by atoms with van der Waals surface area (Å²) in [6.45, 7) is 0. The zero-order chi connectivity index (χ0) is 14.7. The highest BCUT2D eigenvalue weighted by Gasteiger charge is 3.02. The molecule has 2 aliphatic rings. The van der Waals surface area contributed by atoms with Crippen LogP contribution in [0.3, 0.4) is 0 Å². The van der Waals surface area contributed by atoms with Gasteiger partial charge in [-0.2, -0.15) is 26.3 Å². The minimum atomic E-state index is -5.55. The van der Waals surface area contributed by atoms with E-state index in [1.165, 1.54) is 0 Å². The van der Waals surface area contributed by atoms with Crippen LogP contribution in [0.1, 0.15) is 0 Å². The van der Waals surface area contributed by atoms with Crippen molar-refractivity contribution in [2.75, 3.05) is 10.7 Å². The molecular formula is C8H6Br2F6O3. The Morgan fingerprint density at radius 3 is 1.42 bits per heavy atom. The first kappa shape index (κ1) is 15.8. The van der Waals surface area contributed by atoms with Crippen molar-refractivity contribution in [1.82, 2.24) is 0 Å². The summed E-state index contributed by atoms with van der Waals surface area (Å²) < 4.78 is 92.7. The van der Waals surface area contributed by atoms with Gasteiger partial charge in [0.05, 0.1) is 10.7 Å². The third kappa shape index (κ3) is 1.68. The van der Waals surface area contributed by atoms with Crippen LogP contribution in [0, 0.1) is 0 Å². The fourth-order valence-corrected chi connectivity index (χ4v) is 2.37. The van der Waals surface area contributed by atoms with Crippen molar-refractivity contribution in [2.45, 2.75) is 36.1 Å². The van der Waals surface area contributed by atoms with Crippen LogP contribution in [0.5, 0.6) is 0 Å². The molecule has 0 aromatic heterocycles. The lowest BCUT2D eigenvalue weighted by Gasteiger charge is -2.59. The molecule has 2 unspecified atom stereocenters. The van der Waals surface area contributed by atoms with Gasteiger partial charge in [0.25, 0.3) is 0 Å². The lowest BCUT2D eigenvalue weighted by Crippen LogP contribution is -2.89. The van der Waals surface area contributed by atoms with Crippen LogP contribution in [-0.4, -0.2) is 46.8 Å². The Kier molecular flexibility index (Phi) is 3.71. The van der Waals surface area contributed by atoms with E-state index < -0.39 is 36.1 Å². The van der Waals surface area contributed by atoms with Crippen LogP contribution in [0.15, 0.2) is 0 Å². The molecule has 112 valence electrons. The van der Waals surface area contributed by atoms with Crippen molar-refractivity contribution in [2.24, 2.45) is 0 Å². The highest BCUT2D eigenvalue weighted by Crippen LogP contribution is 2.70. The molecule has 2 rings (SSSR count). The number of hydrogen-bond donors (Lipinski definition) is 0. The fraction of sp³-hybridized carbons (Fsp3) is 1.00. The molecule has 3 nitrogen and oxygen atoms in total. The maximum Gasteiger partial charge on any atom is 0.383 e. The Balaban J connectivity index is 2.41. The summed E-state index contributed by atoms with van der Waals surface area (Å²) in [6.07, 6.45) is -3.13. The smallest absolute Gasteiger partial charge is 0.322 e. The quantitative estimate of drug-likeness (QED) is 0.504. The number of rotatable bonds is 2. The molecular weight excluding hydrogens is 418 g/mol. The summed E-state index contributed by atoms with van der Waals surface area (Å²) in [5, 5.41) is -0.529. The van der Waals surface area contributed by atoms with Crippen LogP contribution in [-0.2, 0) is 14.2 Å². The molecule has 0 amide bonds. The molecule has 1 saturated heterocycles. The molecule has 1 aliphatic carbocycles. The molecule has 1 aliphatic heterocycles. The van der Waals surface area contributed by atoms with Crippen molar-refractivity contribution in [1.29, 1.82) is 0 Å². The molecule has 0 radical (unpaired) electrons. The summed E-state index contributed by atoms with van der Waals surface area (Å²) in [4.78, 5) is 0. The Labute approximate surface area is 119 Å². The number of ether oxygens (including phenoxy) is 3. The van der Waals surface area contributed by atoms with Gasteiger partial charge in [-0.05, 0) is 0 Å². The Morgan fingerprint density at radius 2 is 1.11 bits per heavy atom. The maximum atomic E-state index is 13.4. The van der Waals surface area contributed by atoms with Gasteiger partial charge >= 0.3 is 23.6 Å². The van der Waals surface area contributed by atoms with E-state index in [1.807, 2.05) is 0 Å². The minimum Gasteiger partial charge on any atom is -0.322 e. The lowest BCUT2D eigenvalue weighted by molar-refractivity contribution is -0.605. The highest BCUT2D eigenvalue weighted by atomic mass is 79.9.